The fraction of sp³-hybridized carbons (Fsp3) is 0.250. The number of primary amides is 1. The van der Waals surface area contributed by atoms with Gasteiger partial charge in [-0.3, -0.25) is 4.79 Å². The molecule has 0 saturated heterocycles. The fourth-order valence-corrected chi connectivity index (χ4v) is 0.411. The highest BCUT2D eigenvalue weighted by molar-refractivity contribution is 5.87. The first-order valence-electron chi connectivity index (χ1n) is 3.32. The molecule has 0 spiro atoms. The van der Waals surface area contributed by atoms with E-state index in [1.165, 1.54) is 6.08 Å². The molecule has 66 valence electrons. The van der Waals surface area contributed by atoms with Crippen LogP contribution in [-0.2, 0) is 14.3 Å². The molecule has 0 radical (unpaired) electrons. The lowest BCUT2D eigenvalue weighted by Crippen LogP contribution is -2.08. The summed E-state index contributed by atoms with van der Waals surface area (Å²) in [5, 5.41) is 0. The van der Waals surface area contributed by atoms with E-state index >= 15 is 0 Å². The average molecular weight is 169 g/mol. The van der Waals surface area contributed by atoms with Crippen LogP contribution in [0.4, 0.5) is 0 Å². The van der Waals surface area contributed by atoms with E-state index in [1.807, 2.05) is 0 Å². The van der Waals surface area contributed by atoms with Crippen molar-refractivity contribution >= 4 is 11.9 Å². The predicted molar refractivity (Wildman–Crippen MR) is 44.1 cm³/mol. The Labute approximate surface area is 70.7 Å². The highest BCUT2D eigenvalue weighted by atomic mass is 16.5. The van der Waals surface area contributed by atoms with Crippen LogP contribution in [0.3, 0.4) is 0 Å². The molecule has 12 heavy (non-hydrogen) atoms. The van der Waals surface area contributed by atoms with Crippen LogP contribution in [-0.4, -0.2) is 18.5 Å². The summed E-state index contributed by atoms with van der Waals surface area (Å²) >= 11 is 0. The molecule has 0 unspecified atom stereocenters. The van der Waals surface area contributed by atoms with Crippen LogP contribution >= 0.6 is 0 Å². The molecule has 0 heterocycles. The van der Waals surface area contributed by atoms with Crippen molar-refractivity contribution in [2.24, 2.45) is 5.73 Å². The number of esters is 1. The lowest BCUT2D eigenvalue weighted by Gasteiger charge is -1.98. The molecule has 2 N–H and O–H groups in total. The molecular formula is C8H11NO3. The van der Waals surface area contributed by atoms with Gasteiger partial charge in [-0.25, -0.2) is 4.79 Å². The quantitative estimate of drug-likeness (QED) is 0.481. The van der Waals surface area contributed by atoms with Crippen LogP contribution in [0.5, 0.6) is 0 Å². The standard InChI is InChI=1S/C8H11NO3/c1-6(2)8(11)12-5-3-4-7(9)10/h3-4H,1,5H2,2H3,(H2,9,10). The Kier molecular flexibility index (Phi) is 4.45. The second-order valence-corrected chi connectivity index (χ2v) is 2.18. The molecule has 0 bridgehead atoms. The molecule has 4 heteroatoms. The normalized spacial score (nSPS) is 9.75. The van der Waals surface area contributed by atoms with Crippen molar-refractivity contribution in [1.29, 1.82) is 0 Å². The monoisotopic (exact) mass is 169 g/mol. The lowest BCUT2D eigenvalue weighted by atomic mass is 10.4. The Morgan fingerprint density at radius 1 is 1.58 bits per heavy atom. The predicted octanol–water partition coefficient (Wildman–Crippen LogP) is 0.147. The molecule has 0 rings (SSSR count). The summed E-state index contributed by atoms with van der Waals surface area (Å²) in [5.74, 6) is -1.05. The van der Waals surface area contributed by atoms with Crippen LogP contribution < -0.4 is 5.73 Å². The van der Waals surface area contributed by atoms with E-state index in [1.54, 1.807) is 6.92 Å². The first kappa shape index (κ1) is 10.4. The third-order valence-corrected chi connectivity index (χ3v) is 0.941. The minimum atomic E-state index is -0.568. The first-order chi connectivity index (χ1) is 5.54. The number of rotatable bonds is 4. The maximum Gasteiger partial charge on any atom is 0.333 e. The number of carbonyl (C=O) groups is 2. The molecule has 0 aliphatic heterocycles. The van der Waals surface area contributed by atoms with Crippen LogP contribution in [0.15, 0.2) is 24.3 Å². The summed E-state index contributed by atoms with van der Waals surface area (Å²) < 4.78 is 4.62. The Bertz CT molecular complexity index is 230. The molecule has 0 fully saturated rings. The largest absolute Gasteiger partial charge is 0.458 e. The molecule has 0 aromatic rings. The Morgan fingerprint density at radius 3 is 2.58 bits per heavy atom. The van der Waals surface area contributed by atoms with Gasteiger partial charge in [-0.2, -0.15) is 0 Å². The second-order valence-electron chi connectivity index (χ2n) is 2.18. The minimum Gasteiger partial charge on any atom is -0.458 e. The van der Waals surface area contributed by atoms with E-state index in [4.69, 9.17) is 5.73 Å². The van der Waals surface area contributed by atoms with Gasteiger partial charge in [-0.1, -0.05) is 6.58 Å². The molecule has 1 amide bonds. The van der Waals surface area contributed by atoms with Gasteiger partial charge in [0.05, 0.1) is 0 Å². The minimum absolute atomic E-state index is 0.0363. The molecule has 0 aromatic carbocycles. The summed E-state index contributed by atoms with van der Waals surface area (Å²) in [6.45, 7) is 4.96. The highest BCUT2D eigenvalue weighted by Gasteiger charge is 1.99. The SMILES string of the molecule is C=C(C)C(=O)OCC=CC(N)=O. The van der Waals surface area contributed by atoms with Crippen LogP contribution in [0.1, 0.15) is 6.92 Å². The van der Waals surface area contributed by atoms with Gasteiger partial charge in [-0.15, -0.1) is 0 Å². The molecule has 0 saturated carbocycles. The van der Waals surface area contributed by atoms with Gasteiger partial charge in [0.2, 0.25) is 5.91 Å². The maximum absolute atomic E-state index is 10.7. The molecule has 0 atom stereocenters. The van der Waals surface area contributed by atoms with E-state index in [-0.39, 0.29) is 6.61 Å². The number of carbonyl (C=O) groups excluding carboxylic acids is 2. The number of amides is 1. The number of hydrogen-bond acceptors (Lipinski definition) is 3. The number of hydrogen-bond donors (Lipinski definition) is 1. The van der Waals surface area contributed by atoms with Gasteiger partial charge >= 0.3 is 5.97 Å². The smallest absolute Gasteiger partial charge is 0.333 e. The Balaban J connectivity index is 3.64. The van der Waals surface area contributed by atoms with E-state index in [0.29, 0.717) is 5.57 Å². The third-order valence-electron chi connectivity index (χ3n) is 0.941. The lowest BCUT2D eigenvalue weighted by molar-refractivity contribution is -0.137. The molecule has 0 aliphatic rings. The zero-order valence-corrected chi connectivity index (χ0v) is 6.87. The van der Waals surface area contributed by atoms with E-state index < -0.39 is 11.9 Å². The van der Waals surface area contributed by atoms with Crippen LogP contribution in [0, 0.1) is 0 Å². The second kappa shape index (κ2) is 5.12. The highest BCUT2D eigenvalue weighted by Crippen LogP contribution is 1.91. The summed E-state index contributed by atoms with van der Waals surface area (Å²) in [6.07, 6.45) is 2.49. The number of ether oxygens (including phenoxy) is 1. The van der Waals surface area contributed by atoms with Crippen molar-refractivity contribution < 1.29 is 14.3 Å². The van der Waals surface area contributed by atoms with Crippen molar-refractivity contribution in [2.45, 2.75) is 6.92 Å². The van der Waals surface area contributed by atoms with Crippen LogP contribution in [0.25, 0.3) is 0 Å². The van der Waals surface area contributed by atoms with Crippen LogP contribution in [0.2, 0.25) is 0 Å². The third kappa shape index (κ3) is 5.22. The van der Waals surface area contributed by atoms with Gasteiger partial charge in [0.1, 0.15) is 6.61 Å². The zero-order chi connectivity index (χ0) is 9.56. The first-order valence-corrected chi connectivity index (χ1v) is 3.32. The Morgan fingerprint density at radius 2 is 2.17 bits per heavy atom. The summed E-state index contributed by atoms with van der Waals surface area (Å²) in [5.41, 5.74) is 5.11. The average Bonchev–Trinajstić information content (AvgIpc) is 1.97. The maximum atomic E-state index is 10.7. The van der Waals surface area contributed by atoms with Crippen molar-refractivity contribution in [3.8, 4) is 0 Å². The zero-order valence-electron chi connectivity index (χ0n) is 6.87. The summed E-state index contributed by atoms with van der Waals surface area (Å²) in [7, 11) is 0. The Hall–Kier alpha value is -1.58. The van der Waals surface area contributed by atoms with Gasteiger partial charge in [0, 0.05) is 11.6 Å². The van der Waals surface area contributed by atoms with Gasteiger partial charge in [0.25, 0.3) is 0 Å². The molecule has 0 aliphatic carbocycles. The number of nitrogens with two attached hydrogens (primary N) is 1. The van der Waals surface area contributed by atoms with Gasteiger partial charge in [-0.05, 0) is 13.0 Å². The fourth-order valence-electron chi connectivity index (χ4n) is 0.411. The van der Waals surface area contributed by atoms with Gasteiger partial charge < -0.3 is 10.5 Å². The molecular weight excluding hydrogens is 158 g/mol. The van der Waals surface area contributed by atoms with E-state index in [0.717, 1.165) is 6.08 Å². The van der Waals surface area contributed by atoms with Crippen molar-refractivity contribution in [2.75, 3.05) is 6.61 Å². The summed E-state index contributed by atoms with van der Waals surface area (Å²) in [4.78, 5) is 20.9. The van der Waals surface area contributed by atoms with Gasteiger partial charge in [0.15, 0.2) is 0 Å². The van der Waals surface area contributed by atoms with Crippen molar-refractivity contribution in [1.82, 2.24) is 0 Å². The molecule has 4 nitrogen and oxygen atoms in total. The van der Waals surface area contributed by atoms with Crippen molar-refractivity contribution in [3.05, 3.63) is 24.3 Å². The van der Waals surface area contributed by atoms with E-state index in [9.17, 15) is 9.59 Å². The summed E-state index contributed by atoms with van der Waals surface area (Å²) in [6, 6.07) is 0. The van der Waals surface area contributed by atoms with Crippen molar-refractivity contribution in [3.63, 3.8) is 0 Å². The molecule has 0 aromatic heterocycles. The van der Waals surface area contributed by atoms with E-state index in [2.05, 4.69) is 11.3 Å². The topological polar surface area (TPSA) is 69.4 Å².